The minimum absolute atomic E-state index is 0.0516. The Labute approximate surface area is 115 Å². The third-order valence-electron chi connectivity index (χ3n) is 2.57. The predicted octanol–water partition coefficient (Wildman–Crippen LogP) is 2.93. The van der Waals surface area contributed by atoms with E-state index in [9.17, 15) is 15.0 Å². The molecule has 0 atom stereocenters. The van der Waals surface area contributed by atoms with Crippen molar-refractivity contribution in [1.29, 1.82) is 0 Å². The molecule has 0 fully saturated rings. The van der Waals surface area contributed by atoms with Crippen LogP contribution >= 0.6 is 11.6 Å². The maximum absolute atomic E-state index is 11.8. The zero-order chi connectivity index (χ0) is 13.8. The first-order valence-electron chi connectivity index (χ1n) is 5.61. The zero-order valence-corrected chi connectivity index (χ0v) is 10.7. The number of benzene rings is 2. The standard InChI is InChI=1S/C14H12ClNO3/c15-11-6-5-10(8-13(11)18)16-14(19)7-9-3-1-2-4-12(9)17/h1-6,8,17-18H,7H2,(H,16,19). The predicted molar refractivity (Wildman–Crippen MR) is 73.6 cm³/mol. The number of phenolic OH excluding ortho intramolecular Hbond substituents is 2. The Morgan fingerprint density at radius 3 is 2.53 bits per heavy atom. The Balaban J connectivity index is 2.05. The maximum Gasteiger partial charge on any atom is 0.228 e. The van der Waals surface area contributed by atoms with Gasteiger partial charge in [-0.25, -0.2) is 0 Å². The molecule has 98 valence electrons. The first-order chi connectivity index (χ1) is 9.06. The molecule has 3 N–H and O–H groups in total. The van der Waals surface area contributed by atoms with Crippen molar-refractivity contribution in [2.45, 2.75) is 6.42 Å². The Hall–Kier alpha value is -2.20. The Morgan fingerprint density at radius 2 is 1.84 bits per heavy atom. The number of halogens is 1. The van der Waals surface area contributed by atoms with Crippen LogP contribution in [0.1, 0.15) is 5.56 Å². The SMILES string of the molecule is O=C(Cc1ccccc1O)Nc1ccc(Cl)c(O)c1. The molecule has 0 aliphatic rings. The van der Waals surface area contributed by atoms with Crippen LogP contribution in [-0.4, -0.2) is 16.1 Å². The highest BCUT2D eigenvalue weighted by atomic mass is 35.5. The van der Waals surface area contributed by atoms with E-state index in [0.29, 0.717) is 11.3 Å². The molecular weight excluding hydrogens is 266 g/mol. The van der Waals surface area contributed by atoms with Crippen molar-refractivity contribution in [2.24, 2.45) is 0 Å². The highest BCUT2D eigenvalue weighted by Gasteiger charge is 2.08. The van der Waals surface area contributed by atoms with Gasteiger partial charge in [0.15, 0.2) is 0 Å². The van der Waals surface area contributed by atoms with Crippen molar-refractivity contribution < 1.29 is 15.0 Å². The molecule has 0 unspecified atom stereocenters. The molecule has 1 amide bonds. The van der Waals surface area contributed by atoms with Crippen LogP contribution in [0.25, 0.3) is 0 Å². The van der Waals surface area contributed by atoms with Gasteiger partial charge in [-0.15, -0.1) is 0 Å². The third-order valence-corrected chi connectivity index (χ3v) is 2.89. The Bertz CT molecular complexity index is 613. The van der Waals surface area contributed by atoms with Crippen molar-refractivity contribution in [3.8, 4) is 11.5 Å². The summed E-state index contributed by atoms with van der Waals surface area (Å²) in [5.74, 6) is -0.304. The lowest BCUT2D eigenvalue weighted by Crippen LogP contribution is -2.14. The van der Waals surface area contributed by atoms with Crippen LogP contribution in [0.3, 0.4) is 0 Å². The normalized spacial score (nSPS) is 10.2. The molecule has 19 heavy (non-hydrogen) atoms. The van der Waals surface area contributed by atoms with Gasteiger partial charge in [0.05, 0.1) is 11.4 Å². The summed E-state index contributed by atoms with van der Waals surface area (Å²) in [5, 5.41) is 21.8. The number of hydrogen-bond acceptors (Lipinski definition) is 3. The highest BCUT2D eigenvalue weighted by Crippen LogP contribution is 2.26. The fourth-order valence-corrected chi connectivity index (χ4v) is 1.75. The monoisotopic (exact) mass is 277 g/mol. The summed E-state index contributed by atoms with van der Waals surface area (Å²) in [5.41, 5.74) is 0.987. The lowest BCUT2D eigenvalue weighted by molar-refractivity contribution is -0.115. The van der Waals surface area contributed by atoms with E-state index >= 15 is 0 Å². The van der Waals surface area contributed by atoms with E-state index in [1.165, 1.54) is 18.2 Å². The van der Waals surface area contributed by atoms with Gasteiger partial charge in [-0.05, 0) is 18.2 Å². The second-order valence-electron chi connectivity index (χ2n) is 4.02. The van der Waals surface area contributed by atoms with Crippen molar-refractivity contribution in [3.63, 3.8) is 0 Å². The molecule has 2 rings (SSSR count). The molecule has 0 aromatic heterocycles. The molecule has 0 aliphatic carbocycles. The summed E-state index contributed by atoms with van der Waals surface area (Å²) in [6.07, 6.45) is 0.0516. The first-order valence-corrected chi connectivity index (χ1v) is 5.99. The molecule has 2 aromatic rings. The first kappa shape index (κ1) is 13.2. The Morgan fingerprint density at radius 1 is 1.11 bits per heavy atom. The molecule has 4 nitrogen and oxygen atoms in total. The van der Waals surface area contributed by atoms with E-state index in [1.54, 1.807) is 24.3 Å². The van der Waals surface area contributed by atoms with E-state index in [2.05, 4.69) is 5.32 Å². The van der Waals surface area contributed by atoms with Gasteiger partial charge in [-0.2, -0.15) is 0 Å². The minimum Gasteiger partial charge on any atom is -0.508 e. The number of hydrogen-bond donors (Lipinski definition) is 3. The van der Waals surface area contributed by atoms with Crippen molar-refractivity contribution >= 4 is 23.2 Å². The van der Waals surface area contributed by atoms with Crippen LogP contribution in [0.4, 0.5) is 5.69 Å². The van der Waals surface area contributed by atoms with Gasteiger partial charge >= 0.3 is 0 Å². The second-order valence-corrected chi connectivity index (χ2v) is 4.43. The van der Waals surface area contributed by atoms with E-state index < -0.39 is 0 Å². The summed E-state index contributed by atoms with van der Waals surface area (Å²) in [6, 6.07) is 11.1. The van der Waals surface area contributed by atoms with E-state index in [1.807, 2.05) is 0 Å². The van der Waals surface area contributed by atoms with Crippen molar-refractivity contribution in [2.75, 3.05) is 5.32 Å². The van der Waals surface area contributed by atoms with Gasteiger partial charge in [0.1, 0.15) is 11.5 Å². The average molecular weight is 278 g/mol. The average Bonchev–Trinajstić information content (AvgIpc) is 2.37. The van der Waals surface area contributed by atoms with Crippen LogP contribution in [0.2, 0.25) is 5.02 Å². The fraction of sp³-hybridized carbons (Fsp3) is 0.0714. The lowest BCUT2D eigenvalue weighted by atomic mass is 10.1. The summed E-state index contributed by atoms with van der Waals surface area (Å²) in [6.45, 7) is 0. The molecule has 2 aromatic carbocycles. The number of aromatic hydroxyl groups is 2. The molecule has 0 spiro atoms. The quantitative estimate of drug-likeness (QED) is 0.808. The summed E-state index contributed by atoms with van der Waals surface area (Å²) in [7, 11) is 0. The maximum atomic E-state index is 11.8. The zero-order valence-electron chi connectivity index (χ0n) is 9.93. The van der Waals surface area contributed by atoms with Gasteiger partial charge in [0, 0.05) is 17.3 Å². The largest absolute Gasteiger partial charge is 0.508 e. The fourth-order valence-electron chi connectivity index (χ4n) is 1.63. The molecule has 0 bridgehead atoms. The second kappa shape index (κ2) is 5.63. The third kappa shape index (κ3) is 3.39. The van der Waals surface area contributed by atoms with Gasteiger partial charge < -0.3 is 15.5 Å². The lowest BCUT2D eigenvalue weighted by Gasteiger charge is -2.07. The van der Waals surface area contributed by atoms with Gasteiger partial charge in [0.25, 0.3) is 0 Å². The molecular formula is C14H12ClNO3. The molecule has 0 heterocycles. The summed E-state index contributed by atoms with van der Waals surface area (Å²) >= 11 is 5.67. The van der Waals surface area contributed by atoms with Crippen LogP contribution in [0.15, 0.2) is 42.5 Å². The van der Waals surface area contributed by atoms with Gasteiger partial charge in [0.2, 0.25) is 5.91 Å². The highest BCUT2D eigenvalue weighted by molar-refractivity contribution is 6.32. The molecule has 0 radical (unpaired) electrons. The molecule has 5 heteroatoms. The summed E-state index contributed by atoms with van der Waals surface area (Å²) in [4.78, 5) is 11.8. The van der Waals surface area contributed by atoms with Crippen LogP contribution in [0.5, 0.6) is 11.5 Å². The van der Waals surface area contributed by atoms with E-state index in [0.717, 1.165) is 0 Å². The van der Waals surface area contributed by atoms with Gasteiger partial charge in [-0.1, -0.05) is 29.8 Å². The number of carbonyl (C=O) groups is 1. The van der Waals surface area contributed by atoms with Crippen molar-refractivity contribution in [3.05, 3.63) is 53.1 Å². The molecule has 0 saturated heterocycles. The molecule has 0 saturated carbocycles. The number of amides is 1. The minimum atomic E-state index is -0.289. The molecule has 0 aliphatic heterocycles. The van der Waals surface area contributed by atoms with E-state index in [-0.39, 0.29) is 28.8 Å². The topological polar surface area (TPSA) is 69.6 Å². The Kier molecular flexibility index (Phi) is 3.92. The number of rotatable bonds is 3. The number of nitrogens with one attached hydrogen (secondary N) is 1. The van der Waals surface area contributed by atoms with Gasteiger partial charge in [-0.3, -0.25) is 4.79 Å². The summed E-state index contributed by atoms with van der Waals surface area (Å²) < 4.78 is 0. The van der Waals surface area contributed by atoms with Crippen LogP contribution in [0, 0.1) is 0 Å². The van der Waals surface area contributed by atoms with E-state index in [4.69, 9.17) is 11.6 Å². The van der Waals surface area contributed by atoms with Crippen molar-refractivity contribution in [1.82, 2.24) is 0 Å². The van der Waals surface area contributed by atoms with Crippen LogP contribution < -0.4 is 5.32 Å². The number of phenols is 2. The number of anilines is 1. The number of carbonyl (C=O) groups excluding carboxylic acids is 1. The smallest absolute Gasteiger partial charge is 0.228 e. The van der Waals surface area contributed by atoms with Crippen LogP contribution in [-0.2, 0) is 11.2 Å². The number of para-hydroxylation sites is 1.